The molecule has 0 spiro atoms. The lowest BCUT2D eigenvalue weighted by Crippen LogP contribution is -2.10. The number of hydrogen-bond donors (Lipinski definition) is 0. The van der Waals surface area contributed by atoms with Gasteiger partial charge in [-0.05, 0) is 191 Å². The average Bonchev–Trinajstić information content (AvgIpc) is 1.77. The molecule has 0 aliphatic rings. The molecular weight excluding hydrogens is 1100 g/mol. The van der Waals surface area contributed by atoms with Crippen LogP contribution in [-0.4, -0.2) is 9.13 Å². The van der Waals surface area contributed by atoms with Crippen LogP contribution in [0.2, 0.25) is 0 Å². The minimum absolute atomic E-state index is 0.890. The Hall–Kier alpha value is -12.1. The highest BCUT2D eigenvalue weighted by Gasteiger charge is 2.20. The van der Waals surface area contributed by atoms with E-state index >= 15 is 0 Å². The summed E-state index contributed by atoms with van der Waals surface area (Å²) in [6.07, 6.45) is 0. The number of hydrogen-bond acceptors (Lipinski definition) is 4. The van der Waals surface area contributed by atoms with Gasteiger partial charge in [0.05, 0.1) is 22.1 Å². The first-order valence-electron chi connectivity index (χ1n) is 30.6. The maximum atomic E-state index is 6.19. The normalized spacial score (nSPS) is 11.8. The highest BCUT2D eigenvalue weighted by molar-refractivity contribution is 6.11. The zero-order valence-corrected chi connectivity index (χ0v) is 48.8. The molecule has 0 atom stereocenters. The first kappa shape index (κ1) is 51.1. The molecule has 0 unspecified atom stereocenters. The van der Waals surface area contributed by atoms with Gasteiger partial charge < -0.3 is 27.8 Å². The second kappa shape index (κ2) is 20.8. The Labute approximate surface area is 518 Å². The van der Waals surface area contributed by atoms with Crippen LogP contribution < -0.4 is 9.80 Å². The van der Waals surface area contributed by atoms with Crippen molar-refractivity contribution in [2.75, 3.05) is 9.80 Å². The third-order valence-electron chi connectivity index (χ3n) is 18.1. The van der Waals surface area contributed by atoms with E-state index in [1.165, 1.54) is 43.6 Å². The SMILES string of the molecule is c1ccc2c(c1)oc1ccc(-c3ccc(N(c4ccc(-c5ccc(N(c6ccc(-n7c8ccccc8c8ccccc87)cc6)c6ccc(-n7c8ccccc8c8ccccc87)cc6)cc5)cc4)c4ccc(-c5ccc6oc7ccccc7c6c5)cc4)cc3)cc12. The Morgan fingerprint density at radius 2 is 0.422 bits per heavy atom. The van der Waals surface area contributed by atoms with E-state index < -0.39 is 0 Å². The zero-order chi connectivity index (χ0) is 59.2. The molecule has 4 aromatic heterocycles. The molecule has 18 rings (SSSR count). The van der Waals surface area contributed by atoms with Crippen molar-refractivity contribution in [1.82, 2.24) is 9.13 Å². The Bertz CT molecular complexity index is 5330. The van der Waals surface area contributed by atoms with Crippen molar-refractivity contribution in [1.29, 1.82) is 0 Å². The largest absolute Gasteiger partial charge is 0.456 e. The molecule has 0 amide bonds. The number of aromatic nitrogens is 2. The van der Waals surface area contributed by atoms with Crippen LogP contribution >= 0.6 is 0 Å². The molecule has 90 heavy (non-hydrogen) atoms. The van der Waals surface area contributed by atoms with Gasteiger partial charge in [0, 0.05) is 88.6 Å². The zero-order valence-electron chi connectivity index (χ0n) is 48.8. The number of fused-ring (bicyclic) bond motifs is 12. The van der Waals surface area contributed by atoms with E-state index in [1.807, 2.05) is 24.3 Å². The van der Waals surface area contributed by atoms with Gasteiger partial charge in [-0.1, -0.05) is 170 Å². The first-order valence-corrected chi connectivity index (χ1v) is 30.6. The quantitative estimate of drug-likeness (QED) is 0.129. The van der Waals surface area contributed by atoms with Crippen LogP contribution in [0.5, 0.6) is 0 Å². The van der Waals surface area contributed by atoms with E-state index in [4.69, 9.17) is 8.83 Å². The Morgan fingerprint density at radius 3 is 0.733 bits per heavy atom. The first-order chi connectivity index (χ1) is 44.6. The van der Waals surface area contributed by atoms with Gasteiger partial charge in [-0.25, -0.2) is 0 Å². The van der Waals surface area contributed by atoms with Crippen molar-refractivity contribution in [2.45, 2.75) is 0 Å². The van der Waals surface area contributed by atoms with Gasteiger partial charge in [0.1, 0.15) is 22.3 Å². The Morgan fingerprint density at radius 1 is 0.189 bits per heavy atom. The summed E-state index contributed by atoms with van der Waals surface area (Å²) in [7, 11) is 0. The molecule has 0 aliphatic heterocycles. The van der Waals surface area contributed by atoms with Crippen molar-refractivity contribution in [3.63, 3.8) is 0 Å². The van der Waals surface area contributed by atoms with Gasteiger partial charge in [-0.3, -0.25) is 0 Å². The summed E-state index contributed by atoms with van der Waals surface area (Å²) in [5.74, 6) is 0. The minimum Gasteiger partial charge on any atom is -0.456 e. The maximum Gasteiger partial charge on any atom is 0.135 e. The molecule has 18 aromatic rings. The summed E-state index contributed by atoms with van der Waals surface area (Å²) >= 11 is 0. The third kappa shape index (κ3) is 8.49. The molecule has 0 saturated carbocycles. The minimum atomic E-state index is 0.890. The molecule has 0 fully saturated rings. The number of rotatable bonds is 11. The highest BCUT2D eigenvalue weighted by Crippen LogP contribution is 2.43. The topological polar surface area (TPSA) is 42.6 Å². The van der Waals surface area contributed by atoms with Crippen LogP contribution in [0.4, 0.5) is 34.1 Å². The lowest BCUT2D eigenvalue weighted by atomic mass is 10.0. The molecule has 0 N–H and O–H groups in total. The van der Waals surface area contributed by atoms with Gasteiger partial charge in [-0.2, -0.15) is 0 Å². The molecule has 6 nitrogen and oxygen atoms in total. The molecule has 0 saturated heterocycles. The third-order valence-corrected chi connectivity index (χ3v) is 18.1. The lowest BCUT2D eigenvalue weighted by Gasteiger charge is -2.27. The fraction of sp³-hybridized carbons (Fsp3) is 0. The van der Waals surface area contributed by atoms with E-state index in [0.717, 1.165) is 123 Å². The summed E-state index contributed by atoms with van der Waals surface area (Å²) < 4.78 is 17.1. The van der Waals surface area contributed by atoms with Crippen molar-refractivity contribution >= 4 is 122 Å². The fourth-order valence-electron chi connectivity index (χ4n) is 13.8. The summed E-state index contributed by atoms with van der Waals surface area (Å²) in [4.78, 5) is 4.71. The number of benzene rings is 14. The molecule has 0 radical (unpaired) electrons. The molecular formula is C84H54N4O2. The van der Waals surface area contributed by atoms with Crippen LogP contribution in [-0.2, 0) is 0 Å². The van der Waals surface area contributed by atoms with E-state index in [0.29, 0.717) is 0 Å². The number of anilines is 6. The number of furan rings is 2. The molecule has 4 heterocycles. The number of nitrogens with zero attached hydrogens (tertiary/aromatic N) is 4. The van der Waals surface area contributed by atoms with Crippen LogP contribution in [0.1, 0.15) is 0 Å². The summed E-state index contributed by atoms with van der Waals surface area (Å²) in [5, 5.41) is 9.45. The van der Waals surface area contributed by atoms with Crippen molar-refractivity contribution in [2.24, 2.45) is 0 Å². The van der Waals surface area contributed by atoms with E-state index in [2.05, 4.69) is 322 Å². The molecule has 14 aromatic carbocycles. The van der Waals surface area contributed by atoms with Crippen molar-refractivity contribution in [3.05, 3.63) is 328 Å². The second-order valence-electron chi connectivity index (χ2n) is 23.2. The molecule has 422 valence electrons. The van der Waals surface area contributed by atoms with Crippen LogP contribution in [0.3, 0.4) is 0 Å². The van der Waals surface area contributed by atoms with Crippen LogP contribution in [0.25, 0.3) is 132 Å². The van der Waals surface area contributed by atoms with Crippen molar-refractivity contribution < 1.29 is 8.83 Å². The second-order valence-corrected chi connectivity index (χ2v) is 23.2. The maximum absolute atomic E-state index is 6.19. The lowest BCUT2D eigenvalue weighted by molar-refractivity contribution is 0.668. The standard InChI is InChI=1S/C84H54N4O2/c1-7-19-77-69(13-1)70-14-2-8-20-78(70)87(77)67-47-43-65(44-48-67)86(66-45-49-68(50-46-66)88-79-21-9-3-15-71(79)72-16-4-10-22-80(72)88)62-37-27-56(28-38-62)55-25-35-61(36-26-55)85(63-39-29-57(30-40-63)59-33-51-83-75(53-59)73-17-5-11-23-81(73)89-83)64-41-31-58(32-42-64)60-34-52-84-76(54-60)74-18-6-12-24-82(74)90-84/h1-54H. The Balaban J connectivity index is 0.694. The Kier molecular flexibility index (Phi) is 11.8. The average molecular weight is 1150 g/mol. The fourth-order valence-corrected chi connectivity index (χ4v) is 13.8. The van der Waals surface area contributed by atoms with Gasteiger partial charge in [0.2, 0.25) is 0 Å². The van der Waals surface area contributed by atoms with Crippen LogP contribution in [0.15, 0.2) is 336 Å². The summed E-state index contributed by atoms with van der Waals surface area (Å²) in [5.41, 5.74) is 23.7. The van der Waals surface area contributed by atoms with Gasteiger partial charge in [0.25, 0.3) is 0 Å². The van der Waals surface area contributed by atoms with Gasteiger partial charge in [-0.15, -0.1) is 0 Å². The summed E-state index contributed by atoms with van der Waals surface area (Å²) in [6.45, 7) is 0. The van der Waals surface area contributed by atoms with Crippen LogP contribution in [0, 0.1) is 0 Å². The van der Waals surface area contributed by atoms with E-state index in [1.54, 1.807) is 0 Å². The molecule has 0 bridgehead atoms. The monoisotopic (exact) mass is 1150 g/mol. The smallest absolute Gasteiger partial charge is 0.135 e. The highest BCUT2D eigenvalue weighted by atomic mass is 16.3. The van der Waals surface area contributed by atoms with Gasteiger partial charge in [0.15, 0.2) is 0 Å². The van der Waals surface area contributed by atoms with Gasteiger partial charge >= 0.3 is 0 Å². The predicted octanol–water partition coefficient (Wildman–Crippen LogP) is 23.6. The summed E-state index contributed by atoms with van der Waals surface area (Å²) in [6, 6.07) is 118. The molecule has 6 heteroatoms. The number of para-hydroxylation sites is 6. The predicted molar refractivity (Wildman–Crippen MR) is 375 cm³/mol. The van der Waals surface area contributed by atoms with E-state index in [9.17, 15) is 0 Å². The van der Waals surface area contributed by atoms with E-state index in [-0.39, 0.29) is 0 Å². The van der Waals surface area contributed by atoms with Crippen molar-refractivity contribution in [3.8, 4) is 44.8 Å². The molecule has 0 aliphatic carbocycles.